The number of hydrogen-bond acceptors (Lipinski definition) is 3. The van der Waals surface area contributed by atoms with Crippen molar-refractivity contribution in [2.24, 2.45) is 9.17 Å². The van der Waals surface area contributed by atoms with Crippen LogP contribution in [0.4, 0.5) is 0 Å². The third-order valence-corrected chi connectivity index (χ3v) is 17.8. The summed E-state index contributed by atoms with van der Waals surface area (Å²) in [5.41, 5.74) is 0.996. The normalized spacial score (nSPS) is 16.3. The minimum atomic E-state index is -2.91. The summed E-state index contributed by atoms with van der Waals surface area (Å²) in [6.07, 6.45) is 0. The van der Waals surface area contributed by atoms with Gasteiger partial charge in [-0.25, -0.2) is 9.35 Å². The van der Waals surface area contributed by atoms with Gasteiger partial charge in [0.25, 0.3) is 0 Å². The van der Waals surface area contributed by atoms with Crippen molar-refractivity contribution in [3.63, 3.8) is 0 Å². The van der Waals surface area contributed by atoms with Crippen LogP contribution in [0.5, 0.6) is 0 Å². The summed E-state index contributed by atoms with van der Waals surface area (Å²) >= 11 is 0. The Morgan fingerprint density at radius 1 is 1.04 bits per heavy atom. The van der Waals surface area contributed by atoms with Gasteiger partial charge >= 0.3 is 0 Å². The Labute approximate surface area is 163 Å². The molecular weight excluding hydrogens is 376 g/mol. The van der Waals surface area contributed by atoms with E-state index >= 15 is 0 Å². The second-order valence-electron chi connectivity index (χ2n) is 10.2. The molecule has 26 heavy (non-hydrogen) atoms. The second-order valence-corrected chi connectivity index (χ2v) is 21.9. The first-order valence-corrected chi connectivity index (χ1v) is 16.6. The van der Waals surface area contributed by atoms with Gasteiger partial charge in [-0.2, -0.15) is 0 Å². The minimum absolute atomic E-state index is 0.00190. The van der Waals surface area contributed by atoms with E-state index < -0.39 is 26.5 Å². The van der Waals surface area contributed by atoms with Crippen molar-refractivity contribution in [3.05, 3.63) is 29.8 Å². The predicted molar refractivity (Wildman–Crippen MR) is 119 cm³/mol. The molecule has 0 heterocycles. The number of nitrogens with zero attached hydrogens (tertiary/aromatic N) is 1. The van der Waals surface area contributed by atoms with Crippen molar-refractivity contribution >= 4 is 26.5 Å². The highest BCUT2D eigenvalue weighted by molar-refractivity contribution is 7.92. The molecule has 2 N–H and O–H groups in total. The number of hydrogen-bond donors (Lipinski definition) is 1. The molecule has 1 rings (SSSR count). The van der Waals surface area contributed by atoms with Crippen molar-refractivity contribution in [2.45, 2.75) is 89.3 Å². The number of rotatable bonds is 5. The third kappa shape index (κ3) is 5.76. The van der Waals surface area contributed by atoms with Crippen LogP contribution in [0, 0.1) is 0 Å². The fraction of sp³-hybridized carbons (Fsp3) is 0.684. The molecule has 0 spiro atoms. The van der Waals surface area contributed by atoms with Crippen LogP contribution in [0.3, 0.4) is 0 Å². The molecule has 0 aliphatic heterocycles. The fourth-order valence-corrected chi connectivity index (χ4v) is 7.61. The summed E-state index contributed by atoms with van der Waals surface area (Å²) in [6, 6.07) is 7.60. The molecule has 7 heteroatoms. The Morgan fingerprint density at radius 3 is 2.04 bits per heavy atom. The molecule has 1 unspecified atom stereocenters. The summed E-state index contributed by atoms with van der Waals surface area (Å²) in [7, 11) is -6.86. The monoisotopic (exact) mass is 414 g/mol. The molecule has 1 aromatic rings. The molecule has 1 aromatic carbocycles. The van der Waals surface area contributed by atoms with Gasteiger partial charge in [0, 0.05) is 0 Å². The van der Waals surface area contributed by atoms with Crippen molar-refractivity contribution < 1.29 is 8.63 Å². The van der Waals surface area contributed by atoms with E-state index in [-0.39, 0.29) is 10.1 Å². The van der Waals surface area contributed by atoms with E-state index in [1.54, 1.807) is 0 Å². The molecule has 0 aliphatic rings. The fourth-order valence-electron chi connectivity index (χ4n) is 1.83. The van der Waals surface area contributed by atoms with Crippen LogP contribution >= 0.6 is 0 Å². The lowest BCUT2D eigenvalue weighted by Gasteiger charge is -2.36. The number of benzene rings is 1. The van der Waals surface area contributed by atoms with E-state index in [0.29, 0.717) is 11.5 Å². The minimum Gasteiger partial charge on any atom is -0.413 e. The molecule has 0 fully saturated rings. The lowest BCUT2D eigenvalue weighted by molar-refractivity contribution is 0.276. The van der Waals surface area contributed by atoms with E-state index in [4.69, 9.17) is 9.56 Å². The molecule has 0 bridgehead atoms. The van der Waals surface area contributed by atoms with Gasteiger partial charge in [0.15, 0.2) is 16.6 Å². The van der Waals surface area contributed by atoms with Crippen LogP contribution in [0.2, 0.25) is 36.3 Å². The molecule has 0 aromatic heterocycles. The average molecular weight is 415 g/mol. The highest BCUT2D eigenvalue weighted by Crippen LogP contribution is 2.38. The van der Waals surface area contributed by atoms with Gasteiger partial charge in [-0.1, -0.05) is 53.7 Å². The SMILES string of the molecule is CC(C)(C)[Si](C)(C)N=S(N)(=O)c1cccc(CO[Si](C)(C)C(C)(C)C)c1. The summed E-state index contributed by atoms with van der Waals surface area (Å²) in [6.45, 7) is 22.3. The van der Waals surface area contributed by atoms with Gasteiger partial charge in [-0.05, 0) is 54.0 Å². The maximum Gasteiger partial charge on any atom is 0.195 e. The van der Waals surface area contributed by atoms with Gasteiger partial charge in [0.1, 0.15) is 9.92 Å². The lowest BCUT2D eigenvalue weighted by atomic mass is 10.2. The molecule has 4 nitrogen and oxygen atoms in total. The predicted octanol–water partition coefficient (Wildman–Crippen LogP) is 5.91. The van der Waals surface area contributed by atoms with Crippen molar-refractivity contribution in [3.8, 4) is 0 Å². The Bertz CT molecular complexity index is 754. The molecule has 1 atom stereocenters. The van der Waals surface area contributed by atoms with Crippen LogP contribution in [0.25, 0.3) is 0 Å². The Balaban J connectivity index is 3.16. The van der Waals surface area contributed by atoms with Gasteiger partial charge in [-0.15, -0.1) is 0 Å². The van der Waals surface area contributed by atoms with E-state index in [0.717, 1.165) is 5.56 Å². The van der Waals surface area contributed by atoms with E-state index in [1.165, 1.54) is 0 Å². The van der Waals surface area contributed by atoms with Crippen LogP contribution in [0.15, 0.2) is 33.2 Å². The van der Waals surface area contributed by atoms with E-state index in [1.807, 2.05) is 24.3 Å². The van der Waals surface area contributed by atoms with Gasteiger partial charge in [0.05, 0.1) is 11.5 Å². The number of nitrogens with two attached hydrogens (primary N) is 1. The quantitative estimate of drug-likeness (QED) is 0.608. The standard InChI is InChI=1S/C19H38N2O2SSi2/c1-18(2,3)25(7,8)21-24(20,22)17-13-11-12-16(14-17)15-23-26(9,10)19(4,5)6/h11-14H,15H2,1-10H3,(H2,20,21,22). The Kier molecular flexibility index (Phi) is 6.80. The summed E-state index contributed by atoms with van der Waals surface area (Å²) < 4.78 is 24.1. The van der Waals surface area contributed by atoms with Crippen molar-refractivity contribution in [1.82, 2.24) is 0 Å². The van der Waals surface area contributed by atoms with Crippen molar-refractivity contribution in [1.29, 1.82) is 0 Å². The van der Waals surface area contributed by atoms with Crippen LogP contribution in [0.1, 0.15) is 47.1 Å². The molecule has 0 amide bonds. The van der Waals surface area contributed by atoms with Crippen LogP contribution < -0.4 is 5.14 Å². The molecule has 150 valence electrons. The van der Waals surface area contributed by atoms with Crippen LogP contribution in [-0.2, 0) is 20.9 Å². The van der Waals surface area contributed by atoms with Gasteiger partial charge in [0.2, 0.25) is 0 Å². The van der Waals surface area contributed by atoms with Gasteiger partial charge < -0.3 is 4.43 Å². The largest absolute Gasteiger partial charge is 0.413 e. The molecule has 0 saturated heterocycles. The maximum atomic E-state index is 13.2. The van der Waals surface area contributed by atoms with E-state index in [9.17, 15) is 4.21 Å². The summed E-state index contributed by atoms with van der Waals surface area (Å²) in [5, 5.41) is 6.36. The van der Waals surface area contributed by atoms with Crippen molar-refractivity contribution in [2.75, 3.05) is 0 Å². The van der Waals surface area contributed by atoms with E-state index in [2.05, 4.69) is 71.8 Å². The highest BCUT2D eigenvalue weighted by Gasteiger charge is 2.38. The van der Waals surface area contributed by atoms with Gasteiger partial charge in [-0.3, -0.25) is 4.03 Å². The first-order valence-electron chi connectivity index (χ1n) is 9.18. The maximum absolute atomic E-state index is 13.2. The Hall–Kier alpha value is -0.476. The van der Waals surface area contributed by atoms with Crippen LogP contribution in [-0.4, -0.2) is 20.8 Å². The highest BCUT2D eigenvalue weighted by atomic mass is 32.2. The zero-order chi connectivity index (χ0) is 20.6. The molecular formula is C19H38N2O2SSi2. The molecule has 0 radical (unpaired) electrons. The zero-order valence-corrected chi connectivity index (χ0v) is 21.1. The average Bonchev–Trinajstić information content (AvgIpc) is 2.42. The Morgan fingerprint density at radius 2 is 1.58 bits per heavy atom. The third-order valence-electron chi connectivity index (χ3n) is 5.84. The lowest BCUT2D eigenvalue weighted by Crippen LogP contribution is -2.40. The first-order chi connectivity index (χ1) is 11.4. The topological polar surface area (TPSA) is 64.7 Å². The molecule has 0 saturated carbocycles. The summed E-state index contributed by atoms with van der Waals surface area (Å²) in [4.78, 5) is 0.596. The zero-order valence-electron chi connectivity index (χ0n) is 18.3. The molecule has 0 aliphatic carbocycles. The first kappa shape index (κ1) is 23.6. The second kappa shape index (κ2) is 7.50. The smallest absolute Gasteiger partial charge is 0.195 e. The summed E-state index contributed by atoms with van der Waals surface area (Å²) in [5.74, 6) is 0.